The minimum Gasteiger partial charge on any atom is -0.383 e. The Bertz CT molecular complexity index is 918. The van der Waals surface area contributed by atoms with E-state index < -0.39 is 5.91 Å². The summed E-state index contributed by atoms with van der Waals surface area (Å²) in [6.07, 6.45) is 1.66. The van der Waals surface area contributed by atoms with Crippen LogP contribution in [0.5, 0.6) is 0 Å². The van der Waals surface area contributed by atoms with Crippen molar-refractivity contribution in [3.05, 3.63) is 64.7 Å². The van der Waals surface area contributed by atoms with Gasteiger partial charge in [-0.1, -0.05) is 12.1 Å². The number of nitrogens with zero attached hydrogens (tertiary/aromatic N) is 3. The highest BCUT2D eigenvalue weighted by Crippen LogP contribution is 2.20. The van der Waals surface area contributed by atoms with Crippen molar-refractivity contribution in [1.82, 2.24) is 20.0 Å². The molecule has 2 aromatic heterocycles. The first-order chi connectivity index (χ1) is 12.2. The predicted molar refractivity (Wildman–Crippen MR) is 92.3 cm³/mol. The van der Waals surface area contributed by atoms with E-state index in [2.05, 4.69) is 20.6 Å². The lowest BCUT2D eigenvalue weighted by atomic mass is 10.1. The summed E-state index contributed by atoms with van der Waals surface area (Å²) in [5.41, 5.74) is 2.24. The summed E-state index contributed by atoms with van der Waals surface area (Å²) in [6, 6.07) is 11.9. The fourth-order valence-electron chi connectivity index (χ4n) is 2.28. The average molecular weight is 339 g/mol. The molecule has 1 amide bonds. The maximum Gasteiger partial charge on any atom is 0.276 e. The molecule has 8 nitrogen and oxygen atoms in total. The van der Waals surface area contributed by atoms with Crippen molar-refractivity contribution in [1.29, 1.82) is 0 Å². The zero-order chi connectivity index (χ0) is 17.6. The largest absolute Gasteiger partial charge is 0.383 e. The SMILES string of the molecule is COCCn1nc(C(=O)Nc2cccc(-c3ccn[nH]3)c2)ccc1=O. The first-order valence-electron chi connectivity index (χ1n) is 7.65. The van der Waals surface area contributed by atoms with Crippen LogP contribution in [0.1, 0.15) is 10.5 Å². The van der Waals surface area contributed by atoms with Gasteiger partial charge in [0.15, 0.2) is 0 Å². The number of hydrogen-bond acceptors (Lipinski definition) is 5. The van der Waals surface area contributed by atoms with Crippen molar-refractivity contribution in [3.63, 3.8) is 0 Å². The molecule has 0 aliphatic rings. The van der Waals surface area contributed by atoms with Crippen molar-refractivity contribution in [2.45, 2.75) is 6.54 Å². The summed E-state index contributed by atoms with van der Waals surface area (Å²) in [5.74, 6) is -0.395. The third kappa shape index (κ3) is 3.99. The van der Waals surface area contributed by atoms with Crippen LogP contribution in [0.2, 0.25) is 0 Å². The number of hydrogen-bond donors (Lipinski definition) is 2. The molecule has 0 bridgehead atoms. The molecule has 0 saturated heterocycles. The van der Waals surface area contributed by atoms with Gasteiger partial charge < -0.3 is 10.1 Å². The number of anilines is 1. The molecule has 8 heteroatoms. The summed E-state index contributed by atoms with van der Waals surface area (Å²) in [7, 11) is 1.54. The zero-order valence-corrected chi connectivity index (χ0v) is 13.6. The Morgan fingerprint density at radius 3 is 2.92 bits per heavy atom. The fourth-order valence-corrected chi connectivity index (χ4v) is 2.28. The van der Waals surface area contributed by atoms with E-state index >= 15 is 0 Å². The van der Waals surface area contributed by atoms with Gasteiger partial charge in [0.05, 0.1) is 18.8 Å². The molecule has 0 spiro atoms. The van der Waals surface area contributed by atoms with Gasteiger partial charge in [0.1, 0.15) is 5.69 Å². The Kier molecular flexibility index (Phi) is 5.00. The number of rotatable bonds is 6. The number of benzene rings is 1. The molecular formula is C17H17N5O3. The average Bonchev–Trinajstić information content (AvgIpc) is 3.16. The second-order valence-electron chi connectivity index (χ2n) is 5.28. The van der Waals surface area contributed by atoms with E-state index in [-0.39, 0.29) is 17.8 Å². The van der Waals surface area contributed by atoms with Crippen LogP contribution in [-0.2, 0) is 11.3 Å². The van der Waals surface area contributed by atoms with Crippen LogP contribution in [0.3, 0.4) is 0 Å². The van der Waals surface area contributed by atoms with Crippen LogP contribution in [0.15, 0.2) is 53.5 Å². The number of amides is 1. The normalized spacial score (nSPS) is 10.6. The third-order valence-electron chi connectivity index (χ3n) is 3.54. The summed E-state index contributed by atoms with van der Waals surface area (Å²) < 4.78 is 6.14. The number of ether oxygens (including phenoxy) is 1. The molecule has 2 heterocycles. The standard InChI is InChI=1S/C17H17N5O3/c1-25-10-9-22-16(23)6-5-15(21-22)17(24)19-13-4-2-3-12(11-13)14-7-8-18-20-14/h2-8,11H,9-10H2,1H3,(H,18,20)(H,19,24). The van der Waals surface area contributed by atoms with E-state index in [0.29, 0.717) is 12.3 Å². The van der Waals surface area contributed by atoms with Gasteiger partial charge in [-0.05, 0) is 24.3 Å². The summed E-state index contributed by atoms with van der Waals surface area (Å²) in [6.45, 7) is 0.621. The molecule has 2 N–H and O–H groups in total. The second kappa shape index (κ2) is 7.54. The van der Waals surface area contributed by atoms with Gasteiger partial charge in [-0.2, -0.15) is 10.2 Å². The number of H-pyrrole nitrogens is 1. The van der Waals surface area contributed by atoms with Crippen LogP contribution >= 0.6 is 0 Å². The van der Waals surface area contributed by atoms with Crippen molar-refractivity contribution in [2.24, 2.45) is 0 Å². The van der Waals surface area contributed by atoms with Gasteiger partial charge in [-0.3, -0.25) is 14.7 Å². The Morgan fingerprint density at radius 2 is 2.16 bits per heavy atom. The minimum absolute atomic E-state index is 0.155. The molecule has 1 aromatic carbocycles. The lowest BCUT2D eigenvalue weighted by Crippen LogP contribution is -2.27. The summed E-state index contributed by atoms with van der Waals surface area (Å²) in [5, 5.41) is 13.6. The summed E-state index contributed by atoms with van der Waals surface area (Å²) in [4.78, 5) is 24.1. The van der Waals surface area contributed by atoms with Crippen LogP contribution in [-0.4, -0.2) is 39.6 Å². The number of methoxy groups -OCH3 is 1. The highest BCUT2D eigenvalue weighted by molar-refractivity contribution is 6.02. The number of aromatic amines is 1. The topological polar surface area (TPSA) is 102 Å². The molecule has 128 valence electrons. The number of carbonyl (C=O) groups excluding carboxylic acids is 1. The first kappa shape index (κ1) is 16.6. The van der Waals surface area contributed by atoms with E-state index in [1.54, 1.807) is 12.3 Å². The van der Waals surface area contributed by atoms with Crippen LogP contribution in [0, 0.1) is 0 Å². The Morgan fingerprint density at radius 1 is 1.28 bits per heavy atom. The first-order valence-corrected chi connectivity index (χ1v) is 7.65. The Hall–Kier alpha value is -3.26. The van der Waals surface area contributed by atoms with E-state index in [9.17, 15) is 9.59 Å². The highest BCUT2D eigenvalue weighted by atomic mass is 16.5. The molecule has 0 atom stereocenters. The number of carbonyl (C=O) groups is 1. The van der Waals surface area contributed by atoms with Crippen molar-refractivity contribution in [2.75, 3.05) is 19.0 Å². The van der Waals surface area contributed by atoms with Gasteiger partial charge in [0.25, 0.3) is 11.5 Å². The smallest absolute Gasteiger partial charge is 0.276 e. The van der Waals surface area contributed by atoms with Gasteiger partial charge >= 0.3 is 0 Å². The van der Waals surface area contributed by atoms with Crippen LogP contribution in [0.25, 0.3) is 11.3 Å². The van der Waals surface area contributed by atoms with E-state index in [1.807, 2.05) is 24.3 Å². The van der Waals surface area contributed by atoms with Crippen molar-refractivity contribution >= 4 is 11.6 Å². The number of aromatic nitrogens is 4. The van der Waals surface area contributed by atoms with Gasteiger partial charge in [0, 0.05) is 30.6 Å². The van der Waals surface area contributed by atoms with Gasteiger partial charge in [0.2, 0.25) is 0 Å². The Labute approximate surface area is 143 Å². The molecule has 25 heavy (non-hydrogen) atoms. The van der Waals surface area contributed by atoms with E-state index in [0.717, 1.165) is 11.3 Å². The minimum atomic E-state index is -0.395. The molecule has 0 aliphatic carbocycles. The maximum atomic E-state index is 12.4. The number of nitrogens with one attached hydrogen (secondary N) is 2. The molecular weight excluding hydrogens is 322 g/mol. The highest BCUT2D eigenvalue weighted by Gasteiger charge is 2.11. The van der Waals surface area contributed by atoms with Gasteiger partial charge in [-0.15, -0.1) is 0 Å². The monoisotopic (exact) mass is 339 g/mol. The molecule has 0 aliphatic heterocycles. The lowest BCUT2D eigenvalue weighted by Gasteiger charge is -2.08. The third-order valence-corrected chi connectivity index (χ3v) is 3.54. The molecule has 3 rings (SSSR count). The quantitative estimate of drug-likeness (QED) is 0.709. The van der Waals surface area contributed by atoms with Crippen molar-refractivity contribution in [3.8, 4) is 11.3 Å². The van der Waals surface area contributed by atoms with Crippen LogP contribution < -0.4 is 10.9 Å². The lowest BCUT2D eigenvalue weighted by molar-refractivity contribution is 0.101. The molecule has 0 fully saturated rings. The van der Waals surface area contributed by atoms with Gasteiger partial charge in [-0.25, -0.2) is 4.68 Å². The Balaban J connectivity index is 1.78. The fraction of sp³-hybridized carbons (Fsp3) is 0.176. The van der Waals surface area contributed by atoms with Crippen LogP contribution in [0.4, 0.5) is 5.69 Å². The second-order valence-corrected chi connectivity index (χ2v) is 5.28. The molecule has 0 unspecified atom stereocenters. The molecule has 0 saturated carbocycles. The van der Waals surface area contributed by atoms with E-state index in [1.165, 1.54) is 23.9 Å². The maximum absolute atomic E-state index is 12.4. The zero-order valence-electron chi connectivity index (χ0n) is 13.6. The predicted octanol–water partition coefficient (Wildman–Crippen LogP) is 1.53. The van der Waals surface area contributed by atoms with Crippen molar-refractivity contribution < 1.29 is 9.53 Å². The van der Waals surface area contributed by atoms with E-state index in [4.69, 9.17) is 4.74 Å². The molecule has 3 aromatic rings. The summed E-state index contributed by atoms with van der Waals surface area (Å²) >= 11 is 0. The molecule has 0 radical (unpaired) electrons.